The summed E-state index contributed by atoms with van der Waals surface area (Å²) in [6.45, 7) is 3.25. The van der Waals surface area contributed by atoms with Crippen molar-refractivity contribution < 1.29 is 18.7 Å². The van der Waals surface area contributed by atoms with Crippen molar-refractivity contribution in [2.45, 2.75) is 31.7 Å². The average Bonchev–Trinajstić information content (AvgIpc) is 2.80. The quantitative estimate of drug-likeness (QED) is 0.733. The van der Waals surface area contributed by atoms with Gasteiger partial charge in [-0.15, -0.1) is 0 Å². The van der Waals surface area contributed by atoms with Crippen LogP contribution in [0.3, 0.4) is 0 Å². The monoisotopic (exact) mass is 432 g/mol. The summed E-state index contributed by atoms with van der Waals surface area (Å²) in [4.78, 5) is 25.3. The molecule has 2 aliphatic heterocycles. The van der Waals surface area contributed by atoms with E-state index in [0.29, 0.717) is 43.9 Å². The molecule has 1 aromatic carbocycles. The fraction of sp³-hybridized carbons (Fsp3) is 0.571. The van der Waals surface area contributed by atoms with Crippen molar-refractivity contribution in [3.05, 3.63) is 11.9 Å². The van der Waals surface area contributed by atoms with Crippen LogP contribution in [0.25, 0.3) is 10.9 Å². The van der Waals surface area contributed by atoms with Gasteiger partial charge in [0.15, 0.2) is 17.3 Å². The number of ether oxygens (including phenoxy) is 2. The third-order valence-corrected chi connectivity index (χ3v) is 6.04. The molecule has 2 fully saturated rings. The van der Waals surface area contributed by atoms with Crippen molar-refractivity contribution in [1.82, 2.24) is 20.2 Å². The highest BCUT2D eigenvalue weighted by molar-refractivity contribution is 5.92. The number of anilines is 2. The Labute approximate surface area is 180 Å². The van der Waals surface area contributed by atoms with E-state index in [4.69, 9.17) is 15.2 Å². The molecule has 168 valence electrons. The van der Waals surface area contributed by atoms with E-state index >= 15 is 4.39 Å². The van der Waals surface area contributed by atoms with Crippen molar-refractivity contribution >= 4 is 28.6 Å². The largest absolute Gasteiger partial charge is 0.493 e. The molecule has 10 heteroatoms. The third kappa shape index (κ3) is 4.30. The number of benzene rings is 1. The summed E-state index contributed by atoms with van der Waals surface area (Å²) in [6, 6.07) is 1.85. The number of piperidine rings is 1. The molecule has 2 saturated heterocycles. The van der Waals surface area contributed by atoms with Gasteiger partial charge in [-0.2, -0.15) is 4.98 Å². The van der Waals surface area contributed by atoms with E-state index in [0.717, 1.165) is 13.0 Å². The van der Waals surface area contributed by atoms with Crippen LogP contribution < -0.4 is 25.4 Å². The summed E-state index contributed by atoms with van der Waals surface area (Å²) >= 11 is 0. The van der Waals surface area contributed by atoms with Gasteiger partial charge in [0, 0.05) is 44.0 Å². The Morgan fingerprint density at radius 3 is 2.65 bits per heavy atom. The minimum absolute atomic E-state index is 0.0224. The first-order valence-corrected chi connectivity index (χ1v) is 10.7. The molecule has 0 aliphatic carbocycles. The molecule has 0 radical (unpaired) electrons. The van der Waals surface area contributed by atoms with E-state index in [-0.39, 0.29) is 34.8 Å². The van der Waals surface area contributed by atoms with Crippen LogP contribution in [0, 0.1) is 5.82 Å². The Hall–Kier alpha value is -2.88. The Bertz CT molecular complexity index is 958. The number of hydrogen-bond acceptors (Lipinski definition) is 8. The zero-order valence-corrected chi connectivity index (χ0v) is 18.0. The van der Waals surface area contributed by atoms with Gasteiger partial charge in [0.2, 0.25) is 11.9 Å². The molecule has 1 atom stereocenters. The van der Waals surface area contributed by atoms with Gasteiger partial charge in [-0.05, 0) is 25.5 Å². The van der Waals surface area contributed by atoms with Crippen LogP contribution in [0.5, 0.6) is 11.5 Å². The number of piperazine rings is 1. The number of aromatic nitrogens is 2. The normalized spacial score (nSPS) is 19.5. The first-order chi connectivity index (χ1) is 15.0. The van der Waals surface area contributed by atoms with Gasteiger partial charge in [0.05, 0.1) is 14.2 Å². The van der Waals surface area contributed by atoms with Crippen molar-refractivity contribution in [2.24, 2.45) is 0 Å². The van der Waals surface area contributed by atoms with Gasteiger partial charge >= 0.3 is 0 Å². The number of nitrogens with one attached hydrogen (secondary N) is 1. The first-order valence-electron chi connectivity index (χ1n) is 10.7. The van der Waals surface area contributed by atoms with Crippen LogP contribution in [0.1, 0.15) is 25.7 Å². The lowest BCUT2D eigenvalue weighted by molar-refractivity contribution is -0.132. The van der Waals surface area contributed by atoms with Crippen LogP contribution >= 0.6 is 0 Å². The van der Waals surface area contributed by atoms with Gasteiger partial charge in [0.25, 0.3) is 0 Å². The summed E-state index contributed by atoms with van der Waals surface area (Å²) < 4.78 is 25.3. The molecule has 0 bridgehead atoms. The highest BCUT2D eigenvalue weighted by Crippen LogP contribution is 2.37. The van der Waals surface area contributed by atoms with E-state index < -0.39 is 5.82 Å². The number of halogens is 1. The number of rotatable bonds is 5. The topological polar surface area (TPSA) is 106 Å². The van der Waals surface area contributed by atoms with Gasteiger partial charge in [-0.25, -0.2) is 9.37 Å². The number of nitrogens with zero attached hydrogens (tertiary/aromatic N) is 4. The molecule has 31 heavy (non-hydrogen) atoms. The van der Waals surface area contributed by atoms with E-state index in [1.165, 1.54) is 27.1 Å². The summed E-state index contributed by atoms with van der Waals surface area (Å²) in [5.41, 5.74) is 6.20. The fourth-order valence-electron chi connectivity index (χ4n) is 4.27. The van der Waals surface area contributed by atoms with E-state index in [1.54, 1.807) is 6.07 Å². The Morgan fingerprint density at radius 1 is 1.23 bits per heavy atom. The zero-order valence-electron chi connectivity index (χ0n) is 18.0. The first kappa shape index (κ1) is 21.4. The molecule has 1 unspecified atom stereocenters. The summed E-state index contributed by atoms with van der Waals surface area (Å²) in [5.74, 6) is 0.252. The van der Waals surface area contributed by atoms with Crippen LogP contribution in [0.2, 0.25) is 0 Å². The van der Waals surface area contributed by atoms with Crippen molar-refractivity contribution in [1.29, 1.82) is 0 Å². The van der Waals surface area contributed by atoms with Crippen molar-refractivity contribution in [3.63, 3.8) is 0 Å². The minimum atomic E-state index is -0.638. The lowest BCUT2D eigenvalue weighted by atomic mass is 10.0. The Balaban J connectivity index is 1.48. The number of amides is 1. The maximum atomic E-state index is 15.0. The molecule has 2 aromatic rings. The molecule has 3 N–H and O–H groups in total. The molecule has 9 nitrogen and oxygen atoms in total. The second-order valence-corrected chi connectivity index (χ2v) is 7.95. The van der Waals surface area contributed by atoms with Gasteiger partial charge in [-0.1, -0.05) is 6.42 Å². The highest BCUT2D eigenvalue weighted by Gasteiger charge is 2.27. The number of hydrogen-bond donors (Lipinski definition) is 2. The lowest BCUT2D eigenvalue weighted by Crippen LogP contribution is -2.50. The second kappa shape index (κ2) is 9.09. The standard InChI is InChI=1S/C21H29FN6O3/c1-30-15-12-14-18(17(22)19(15)31-2)25-21(26-20(14)23)28-9-7-27(8-10-28)16(29)11-13-5-3-4-6-24-13/h12-13,24H,3-11H2,1-2H3,(H2,23,25,26). The number of nitrogens with two attached hydrogens (primary N) is 1. The number of carbonyl (C=O) groups excluding carboxylic acids is 1. The number of nitrogen functional groups attached to an aromatic ring is 1. The van der Waals surface area contributed by atoms with Crippen LogP contribution in [0.4, 0.5) is 16.2 Å². The molecule has 4 rings (SSSR count). The van der Waals surface area contributed by atoms with Crippen molar-refractivity contribution in [2.75, 3.05) is 57.6 Å². The molecule has 3 heterocycles. The van der Waals surface area contributed by atoms with Crippen LogP contribution in [0.15, 0.2) is 6.07 Å². The number of methoxy groups -OCH3 is 2. The van der Waals surface area contributed by atoms with Crippen LogP contribution in [-0.4, -0.2) is 73.8 Å². The van der Waals surface area contributed by atoms with Crippen molar-refractivity contribution in [3.8, 4) is 11.5 Å². The molecule has 0 spiro atoms. The van der Waals surface area contributed by atoms with E-state index in [2.05, 4.69) is 15.3 Å². The minimum Gasteiger partial charge on any atom is -0.493 e. The smallest absolute Gasteiger partial charge is 0.228 e. The van der Waals surface area contributed by atoms with Gasteiger partial charge < -0.3 is 30.3 Å². The summed E-state index contributed by atoms with van der Waals surface area (Å²) in [6.07, 6.45) is 3.94. The Kier molecular flexibility index (Phi) is 6.26. The lowest BCUT2D eigenvalue weighted by Gasteiger charge is -2.36. The molecular weight excluding hydrogens is 403 g/mol. The zero-order chi connectivity index (χ0) is 22.0. The molecule has 0 saturated carbocycles. The Morgan fingerprint density at radius 2 is 2.00 bits per heavy atom. The molecule has 1 aromatic heterocycles. The van der Waals surface area contributed by atoms with E-state index in [1.807, 2.05) is 9.80 Å². The molecular formula is C21H29FN6O3. The van der Waals surface area contributed by atoms with Gasteiger partial charge in [0.1, 0.15) is 11.3 Å². The highest BCUT2D eigenvalue weighted by atomic mass is 19.1. The summed E-state index contributed by atoms with van der Waals surface area (Å²) in [7, 11) is 2.80. The number of fused-ring (bicyclic) bond motifs is 1. The van der Waals surface area contributed by atoms with E-state index in [9.17, 15) is 4.79 Å². The number of carbonyl (C=O) groups is 1. The fourth-order valence-corrected chi connectivity index (χ4v) is 4.27. The van der Waals surface area contributed by atoms with Crippen LogP contribution in [-0.2, 0) is 4.79 Å². The predicted octanol–water partition coefficient (Wildman–Crippen LogP) is 1.55. The third-order valence-electron chi connectivity index (χ3n) is 6.04. The molecule has 1 amide bonds. The maximum Gasteiger partial charge on any atom is 0.228 e. The predicted molar refractivity (Wildman–Crippen MR) is 116 cm³/mol. The maximum absolute atomic E-state index is 15.0. The average molecular weight is 433 g/mol. The second-order valence-electron chi connectivity index (χ2n) is 7.95. The summed E-state index contributed by atoms with van der Waals surface area (Å²) in [5, 5.41) is 3.79. The van der Waals surface area contributed by atoms with Gasteiger partial charge in [-0.3, -0.25) is 4.79 Å². The molecule has 2 aliphatic rings. The SMILES string of the molecule is COc1cc2c(N)nc(N3CCN(C(=O)CC4CCCCN4)CC3)nc2c(F)c1OC.